The van der Waals surface area contributed by atoms with Crippen LogP contribution in [-0.4, -0.2) is 4.57 Å². The van der Waals surface area contributed by atoms with Gasteiger partial charge in [0.2, 0.25) is 0 Å². The number of fused-ring (bicyclic) bond motifs is 1. The zero-order valence-electron chi connectivity index (χ0n) is 11.8. The maximum absolute atomic E-state index is 5.88. The molecule has 0 aliphatic heterocycles. The fourth-order valence-corrected chi connectivity index (χ4v) is 2.72. The molecule has 0 fully saturated rings. The summed E-state index contributed by atoms with van der Waals surface area (Å²) in [7, 11) is 2.04. The molecule has 1 heterocycles. The van der Waals surface area contributed by atoms with Crippen LogP contribution >= 0.6 is 11.6 Å². The van der Waals surface area contributed by atoms with Crippen LogP contribution in [0.1, 0.15) is 11.1 Å². The molecule has 3 nitrogen and oxygen atoms in total. The standard InChI is InChI=1S/C17H17ClN2O/c1-20-10-13(11-21-15-7-5-14(18)6-8-15)17-12(9-19)3-2-4-16(17)20/h2-8,10H,9,11,19H2,1H3. The van der Waals surface area contributed by atoms with Crippen LogP contribution in [-0.2, 0) is 20.2 Å². The zero-order chi connectivity index (χ0) is 14.8. The van der Waals surface area contributed by atoms with E-state index >= 15 is 0 Å². The van der Waals surface area contributed by atoms with Crippen LogP contribution in [0.5, 0.6) is 5.75 Å². The van der Waals surface area contributed by atoms with Gasteiger partial charge in [0.1, 0.15) is 12.4 Å². The summed E-state index contributed by atoms with van der Waals surface area (Å²) in [5.74, 6) is 0.807. The average molecular weight is 301 g/mol. The van der Waals surface area contributed by atoms with Crippen molar-refractivity contribution in [2.75, 3.05) is 0 Å². The van der Waals surface area contributed by atoms with Crippen molar-refractivity contribution in [1.29, 1.82) is 0 Å². The summed E-state index contributed by atoms with van der Waals surface area (Å²) in [5, 5.41) is 1.90. The van der Waals surface area contributed by atoms with Crippen molar-refractivity contribution >= 4 is 22.5 Å². The first-order valence-electron chi connectivity index (χ1n) is 6.83. The second-order valence-corrected chi connectivity index (χ2v) is 5.46. The minimum absolute atomic E-state index is 0.510. The Morgan fingerprint density at radius 2 is 1.86 bits per heavy atom. The van der Waals surface area contributed by atoms with E-state index in [0.717, 1.165) is 16.9 Å². The fraction of sp³-hybridized carbons (Fsp3) is 0.176. The molecule has 0 aliphatic rings. The molecular formula is C17H17ClN2O. The lowest BCUT2D eigenvalue weighted by molar-refractivity contribution is 0.307. The Hall–Kier alpha value is -1.97. The summed E-state index contributed by atoms with van der Waals surface area (Å²) in [5.41, 5.74) is 9.31. The lowest BCUT2D eigenvalue weighted by Crippen LogP contribution is -1.99. The van der Waals surface area contributed by atoms with Gasteiger partial charge in [-0.3, -0.25) is 0 Å². The van der Waals surface area contributed by atoms with Crippen LogP contribution in [0.25, 0.3) is 10.9 Å². The van der Waals surface area contributed by atoms with Gasteiger partial charge in [0.05, 0.1) is 0 Å². The van der Waals surface area contributed by atoms with E-state index in [1.54, 1.807) is 0 Å². The van der Waals surface area contributed by atoms with E-state index < -0.39 is 0 Å². The predicted molar refractivity (Wildman–Crippen MR) is 86.6 cm³/mol. The van der Waals surface area contributed by atoms with E-state index in [-0.39, 0.29) is 0 Å². The first-order valence-corrected chi connectivity index (χ1v) is 7.21. The van der Waals surface area contributed by atoms with Gasteiger partial charge in [0.25, 0.3) is 0 Å². The number of hydrogen-bond acceptors (Lipinski definition) is 2. The molecule has 21 heavy (non-hydrogen) atoms. The average Bonchev–Trinajstić information content (AvgIpc) is 2.83. The normalized spacial score (nSPS) is 11.0. The van der Waals surface area contributed by atoms with Crippen molar-refractivity contribution < 1.29 is 4.74 Å². The third kappa shape index (κ3) is 2.75. The first kappa shape index (κ1) is 14.0. The molecule has 2 aromatic carbocycles. The molecule has 4 heteroatoms. The minimum Gasteiger partial charge on any atom is -0.489 e. The van der Waals surface area contributed by atoms with Crippen molar-refractivity contribution in [3.63, 3.8) is 0 Å². The Morgan fingerprint density at radius 1 is 1.10 bits per heavy atom. The molecule has 0 spiro atoms. The summed E-state index contributed by atoms with van der Waals surface area (Å²) in [6.45, 7) is 1.03. The van der Waals surface area contributed by atoms with E-state index in [9.17, 15) is 0 Å². The SMILES string of the molecule is Cn1cc(COc2ccc(Cl)cc2)c2c(CN)cccc21. The molecular weight excluding hydrogens is 284 g/mol. The lowest BCUT2D eigenvalue weighted by Gasteiger charge is -2.07. The minimum atomic E-state index is 0.510. The van der Waals surface area contributed by atoms with Crippen molar-refractivity contribution in [3.8, 4) is 5.75 Å². The molecule has 1 aromatic heterocycles. The number of rotatable bonds is 4. The summed E-state index contributed by atoms with van der Waals surface area (Å²) < 4.78 is 7.96. The lowest BCUT2D eigenvalue weighted by atomic mass is 10.1. The fourth-order valence-electron chi connectivity index (χ4n) is 2.59. The van der Waals surface area contributed by atoms with Gasteiger partial charge in [-0.15, -0.1) is 0 Å². The highest BCUT2D eigenvalue weighted by Crippen LogP contribution is 2.26. The zero-order valence-corrected chi connectivity index (χ0v) is 12.6. The third-order valence-corrected chi connectivity index (χ3v) is 3.86. The number of nitrogens with two attached hydrogens (primary N) is 1. The van der Waals surface area contributed by atoms with Gasteiger partial charge in [-0.2, -0.15) is 0 Å². The number of hydrogen-bond donors (Lipinski definition) is 1. The molecule has 0 saturated carbocycles. The summed E-state index contributed by atoms with van der Waals surface area (Å²) >= 11 is 5.88. The van der Waals surface area contributed by atoms with Crippen LogP contribution in [0.15, 0.2) is 48.7 Å². The maximum Gasteiger partial charge on any atom is 0.119 e. The van der Waals surface area contributed by atoms with Gasteiger partial charge in [0.15, 0.2) is 0 Å². The highest BCUT2D eigenvalue weighted by Gasteiger charge is 2.10. The summed E-state index contributed by atoms with van der Waals surface area (Å²) in [4.78, 5) is 0. The van der Waals surface area contributed by atoms with Gasteiger partial charge in [-0.25, -0.2) is 0 Å². The molecule has 0 aliphatic carbocycles. The number of halogens is 1. The molecule has 0 bridgehead atoms. The Labute approximate surface area is 128 Å². The van der Waals surface area contributed by atoms with E-state index in [2.05, 4.69) is 22.9 Å². The molecule has 0 radical (unpaired) electrons. The molecule has 108 valence electrons. The van der Waals surface area contributed by atoms with Crippen molar-refractivity contribution in [2.45, 2.75) is 13.2 Å². The molecule has 0 saturated heterocycles. The van der Waals surface area contributed by atoms with Gasteiger partial charge in [0, 0.05) is 41.3 Å². The Bertz CT molecular complexity index is 762. The van der Waals surface area contributed by atoms with E-state index in [0.29, 0.717) is 18.2 Å². The molecule has 3 aromatic rings. The molecule has 0 amide bonds. The summed E-state index contributed by atoms with van der Waals surface area (Å²) in [6.07, 6.45) is 2.10. The summed E-state index contributed by atoms with van der Waals surface area (Å²) in [6, 6.07) is 13.6. The Kier molecular flexibility index (Phi) is 3.86. The van der Waals surface area contributed by atoms with E-state index in [1.165, 1.54) is 10.9 Å². The predicted octanol–water partition coefficient (Wildman–Crippen LogP) is 3.87. The van der Waals surface area contributed by atoms with Gasteiger partial charge < -0.3 is 15.0 Å². The maximum atomic E-state index is 5.88. The molecule has 2 N–H and O–H groups in total. The van der Waals surface area contributed by atoms with Crippen molar-refractivity contribution in [1.82, 2.24) is 4.57 Å². The quantitative estimate of drug-likeness (QED) is 0.794. The second kappa shape index (κ2) is 5.80. The van der Waals surface area contributed by atoms with Crippen LogP contribution in [0.3, 0.4) is 0 Å². The number of benzene rings is 2. The first-order chi connectivity index (χ1) is 10.2. The molecule has 0 atom stereocenters. The number of nitrogens with zero attached hydrogens (tertiary/aromatic N) is 1. The van der Waals surface area contributed by atoms with Crippen LogP contribution in [0, 0.1) is 0 Å². The molecule has 0 unspecified atom stereocenters. The monoisotopic (exact) mass is 300 g/mol. The highest BCUT2D eigenvalue weighted by molar-refractivity contribution is 6.30. The van der Waals surface area contributed by atoms with Gasteiger partial charge in [-0.05, 0) is 35.9 Å². The van der Waals surface area contributed by atoms with Crippen LogP contribution < -0.4 is 10.5 Å². The Morgan fingerprint density at radius 3 is 2.57 bits per heavy atom. The highest BCUT2D eigenvalue weighted by atomic mass is 35.5. The van der Waals surface area contributed by atoms with Crippen LogP contribution in [0.2, 0.25) is 5.02 Å². The number of ether oxygens (including phenoxy) is 1. The van der Waals surface area contributed by atoms with Crippen molar-refractivity contribution in [2.24, 2.45) is 12.8 Å². The third-order valence-electron chi connectivity index (χ3n) is 3.61. The second-order valence-electron chi connectivity index (χ2n) is 5.02. The Balaban J connectivity index is 1.91. The smallest absolute Gasteiger partial charge is 0.119 e. The largest absolute Gasteiger partial charge is 0.489 e. The van der Waals surface area contributed by atoms with Crippen molar-refractivity contribution in [3.05, 3.63) is 64.8 Å². The van der Waals surface area contributed by atoms with Crippen LogP contribution in [0.4, 0.5) is 0 Å². The molecule has 3 rings (SSSR count). The van der Waals surface area contributed by atoms with Gasteiger partial charge in [-0.1, -0.05) is 23.7 Å². The number of aromatic nitrogens is 1. The van der Waals surface area contributed by atoms with Gasteiger partial charge >= 0.3 is 0 Å². The van der Waals surface area contributed by atoms with E-state index in [4.69, 9.17) is 22.1 Å². The number of aryl methyl sites for hydroxylation is 1. The topological polar surface area (TPSA) is 40.2 Å². The van der Waals surface area contributed by atoms with E-state index in [1.807, 2.05) is 37.4 Å².